The van der Waals surface area contributed by atoms with Crippen LogP contribution in [0.15, 0.2) is 24.5 Å². The van der Waals surface area contributed by atoms with Crippen molar-refractivity contribution < 1.29 is 9.53 Å². The van der Waals surface area contributed by atoms with E-state index < -0.39 is 5.60 Å². The van der Waals surface area contributed by atoms with Gasteiger partial charge in [0, 0.05) is 45.6 Å². The van der Waals surface area contributed by atoms with Crippen molar-refractivity contribution in [2.24, 2.45) is 0 Å². The molecule has 1 atom stereocenters. The summed E-state index contributed by atoms with van der Waals surface area (Å²) in [5, 5.41) is 0. The molecule has 2 fully saturated rings. The van der Waals surface area contributed by atoms with Crippen molar-refractivity contribution in [3.8, 4) is 0 Å². The molecule has 0 N–H and O–H groups in total. The molecule has 2 saturated heterocycles. The van der Waals surface area contributed by atoms with Crippen molar-refractivity contribution >= 4 is 5.91 Å². The van der Waals surface area contributed by atoms with Crippen molar-refractivity contribution in [3.63, 3.8) is 0 Å². The van der Waals surface area contributed by atoms with Crippen LogP contribution in [0.2, 0.25) is 0 Å². The number of hydrogen-bond acceptors (Lipinski definition) is 4. The van der Waals surface area contributed by atoms with Gasteiger partial charge in [-0.05, 0) is 30.9 Å². The Hall–Kier alpha value is -1.46. The normalized spacial score (nSPS) is 27.9. The minimum atomic E-state index is -0.633. The van der Waals surface area contributed by atoms with E-state index in [1.807, 2.05) is 24.2 Å². The number of carbonyl (C=O) groups excluding carboxylic acids is 1. The third kappa shape index (κ3) is 3.09. The Labute approximate surface area is 125 Å². The van der Waals surface area contributed by atoms with Crippen LogP contribution in [0.4, 0.5) is 0 Å². The Morgan fingerprint density at radius 2 is 2.29 bits per heavy atom. The maximum Gasteiger partial charge on any atom is 0.255 e. The van der Waals surface area contributed by atoms with Crippen LogP contribution in [0.5, 0.6) is 0 Å². The molecule has 21 heavy (non-hydrogen) atoms. The van der Waals surface area contributed by atoms with Crippen LogP contribution < -0.4 is 0 Å². The smallest absolute Gasteiger partial charge is 0.255 e. The number of ether oxygens (including phenoxy) is 1. The van der Waals surface area contributed by atoms with Gasteiger partial charge in [0.15, 0.2) is 5.60 Å². The molecule has 2 aliphatic heterocycles. The maximum atomic E-state index is 12.7. The first-order chi connectivity index (χ1) is 10.2. The van der Waals surface area contributed by atoms with Gasteiger partial charge in [-0.15, -0.1) is 0 Å². The number of nitrogens with zero attached hydrogens (tertiary/aromatic N) is 3. The first-order valence-corrected chi connectivity index (χ1v) is 7.70. The Balaban J connectivity index is 1.73. The molecule has 0 bridgehead atoms. The first kappa shape index (κ1) is 14.5. The lowest BCUT2D eigenvalue weighted by molar-refractivity contribution is -0.169. The molecule has 1 aromatic rings. The molecule has 1 spiro atoms. The van der Waals surface area contributed by atoms with Gasteiger partial charge in [-0.3, -0.25) is 14.7 Å². The van der Waals surface area contributed by atoms with Gasteiger partial charge in [0.25, 0.3) is 5.91 Å². The molecule has 5 nitrogen and oxygen atoms in total. The summed E-state index contributed by atoms with van der Waals surface area (Å²) in [7, 11) is 1.89. The van der Waals surface area contributed by atoms with Crippen LogP contribution in [0.1, 0.15) is 24.8 Å². The van der Waals surface area contributed by atoms with Gasteiger partial charge in [-0.25, -0.2) is 0 Å². The number of likely N-dealkylation sites (N-methyl/N-ethyl adjacent to an activating group) is 1. The summed E-state index contributed by atoms with van der Waals surface area (Å²) in [6, 6.07) is 4.03. The lowest BCUT2D eigenvalue weighted by atomic mass is 9.94. The molecule has 0 saturated carbocycles. The third-order valence-electron chi connectivity index (χ3n) is 4.45. The van der Waals surface area contributed by atoms with E-state index in [9.17, 15) is 4.79 Å². The lowest BCUT2D eigenvalue weighted by Gasteiger charge is -2.42. The van der Waals surface area contributed by atoms with Gasteiger partial charge in [0.1, 0.15) is 0 Å². The zero-order valence-electron chi connectivity index (χ0n) is 12.6. The van der Waals surface area contributed by atoms with Crippen LogP contribution in [-0.4, -0.2) is 59.6 Å². The SMILES string of the molecule is CN1CCCCC2(CN(Cc3cccnc3)CCO2)C1=O. The molecule has 3 rings (SSSR count). The molecule has 3 heterocycles. The van der Waals surface area contributed by atoms with Crippen LogP contribution in [0, 0.1) is 0 Å². The number of morpholine rings is 1. The van der Waals surface area contributed by atoms with E-state index in [0.29, 0.717) is 13.2 Å². The van der Waals surface area contributed by atoms with Crippen LogP contribution in [0.25, 0.3) is 0 Å². The Morgan fingerprint density at radius 3 is 3.10 bits per heavy atom. The summed E-state index contributed by atoms with van der Waals surface area (Å²) in [6.45, 7) is 3.85. The van der Waals surface area contributed by atoms with E-state index in [0.717, 1.165) is 38.9 Å². The van der Waals surface area contributed by atoms with Crippen LogP contribution in [-0.2, 0) is 16.1 Å². The van der Waals surface area contributed by atoms with E-state index in [-0.39, 0.29) is 5.91 Å². The number of amides is 1. The van der Waals surface area contributed by atoms with E-state index in [1.165, 1.54) is 5.56 Å². The number of pyridine rings is 1. The van der Waals surface area contributed by atoms with Crippen molar-refractivity contribution in [1.29, 1.82) is 0 Å². The zero-order valence-corrected chi connectivity index (χ0v) is 12.6. The molecule has 0 aromatic carbocycles. The van der Waals surface area contributed by atoms with Gasteiger partial charge in [-0.1, -0.05) is 6.07 Å². The van der Waals surface area contributed by atoms with Gasteiger partial charge in [0.05, 0.1) is 6.61 Å². The Kier molecular flexibility index (Phi) is 4.22. The standard InChI is InChI=1S/C16H23N3O2/c1-18-8-3-2-6-16(15(18)20)13-19(9-10-21-16)12-14-5-4-7-17-11-14/h4-5,7,11H,2-3,6,8-10,12-13H2,1H3. The van der Waals surface area contributed by atoms with E-state index in [4.69, 9.17) is 4.74 Å². The molecule has 1 unspecified atom stereocenters. The Bertz CT molecular complexity index is 494. The monoisotopic (exact) mass is 289 g/mol. The first-order valence-electron chi connectivity index (χ1n) is 7.70. The number of hydrogen-bond donors (Lipinski definition) is 0. The lowest BCUT2D eigenvalue weighted by Crippen LogP contribution is -2.59. The van der Waals surface area contributed by atoms with Crippen LogP contribution in [0.3, 0.4) is 0 Å². The summed E-state index contributed by atoms with van der Waals surface area (Å²) in [5.41, 5.74) is 0.551. The predicted molar refractivity (Wildman–Crippen MR) is 79.7 cm³/mol. The highest BCUT2D eigenvalue weighted by atomic mass is 16.5. The van der Waals surface area contributed by atoms with Gasteiger partial charge >= 0.3 is 0 Å². The maximum absolute atomic E-state index is 12.7. The number of likely N-dealkylation sites (tertiary alicyclic amines) is 1. The van der Waals surface area contributed by atoms with Crippen molar-refractivity contribution in [3.05, 3.63) is 30.1 Å². The van der Waals surface area contributed by atoms with Gasteiger partial charge in [-0.2, -0.15) is 0 Å². The van der Waals surface area contributed by atoms with E-state index in [1.54, 1.807) is 6.20 Å². The fraction of sp³-hybridized carbons (Fsp3) is 0.625. The zero-order chi connectivity index (χ0) is 14.7. The molecule has 2 aliphatic rings. The molecule has 114 valence electrons. The molecule has 5 heteroatoms. The topological polar surface area (TPSA) is 45.7 Å². The quantitative estimate of drug-likeness (QED) is 0.823. The van der Waals surface area contributed by atoms with Crippen molar-refractivity contribution in [2.45, 2.75) is 31.4 Å². The second-order valence-corrected chi connectivity index (χ2v) is 6.10. The average Bonchev–Trinajstić information content (AvgIpc) is 2.63. The predicted octanol–water partition coefficient (Wildman–Crippen LogP) is 1.29. The summed E-state index contributed by atoms with van der Waals surface area (Å²) >= 11 is 0. The Morgan fingerprint density at radius 1 is 1.38 bits per heavy atom. The number of rotatable bonds is 2. The summed E-state index contributed by atoms with van der Waals surface area (Å²) < 4.78 is 5.99. The van der Waals surface area contributed by atoms with Crippen molar-refractivity contribution in [1.82, 2.24) is 14.8 Å². The minimum Gasteiger partial charge on any atom is -0.362 e. The van der Waals surface area contributed by atoms with Gasteiger partial charge in [0.2, 0.25) is 0 Å². The minimum absolute atomic E-state index is 0.149. The average molecular weight is 289 g/mol. The van der Waals surface area contributed by atoms with Gasteiger partial charge < -0.3 is 9.64 Å². The highest BCUT2D eigenvalue weighted by molar-refractivity contribution is 5.85. The number of carbonyl (C=O) groups is 1. The molecule has 1 aromatic heterocycles. The highest BCUT2D eigenvalue weighted by Crippen LogP contribution is 2.29. The molecule has 0 radical (unpaired) electrons. The van der Waals surface area contributed by atoms with E-state index >= 15 is 0 Å². The summed E-state index contributed by atoms with van der Waals surface area (Å²) in [4.78, 5) is 21.0. The fourth-order valence-electron chi connectivity index (χ4n) is 3.34. The largest absolute Gasteiger partial charge is 0.362 e. The second kappa shape index (κ2) is 6.12. The molecule has 0 aliphatic carbocycles. The fourth-order valence-corrected chi connectivity index (χ4v) is 3.34. The molecular weight excluding hydrogens is 266 g/mol. The number of aromatic nitrogens is 1. The summed E-state index contributed by atoms with van der Waals surface area (Å²) in [6.07, 6.45) is 6.63. The summed E-state index contributed by atoms with van der Waals surface area (Å²) in [5.74, 6) is 0.149. The molecule has 1 amide bonds. The van der Waals surface area contributed by atoms with Crippen molar-refractivity contribution in [2.75, 3.05) is 33.3 Å². The second-order valence-electron chi connectivity index (χ2n) is 6.10. The molecular formula is C16H23N3O2. The van der Waals surface area contributed by atoms with Crippen LogP contribution >= 0.6 is 0 Å². The third-order valence-corrected chi connectivity index (χ3v) is 4.45. The van der Waals surface area contributed by atoms with E-state index in [2.05, 4.69) is 16.0 Å². The highest BCUT2D eigenvalue weighted by Gasteiger charge is 2.45.